The van der Waals surface area contributed by atoms with Gasteiger partial charge in [0.2, 0.25) is 0 Å². The summed E-state index contributed by atoms with van der Waals surface area (Å²) in [6.07, 6.45) is 1.09. The van der Waals surface area contributed by atoms with E-state index in [2.05, 4.69) is 4.98 Å². The summed E-state index contributed by atoms with van der Waals surface area (Å²) in [6, 6.07) is 0.232. The second-order valence-electron chi connectivity index (χ2n) is 3.32. The van der Waals surface area contributed by atoms with Gasteiger partial charge in [0.25, 0.3) is 0 Å². The summed E-state index contributed by atoms with van der Waals surface area (Å²) < 4.78 is 12.0. The molecular formula is C8H11N3O5. The maximum absolute atomic E-state index is 10.5. The number of imidazole rings is 1. The molecule has 16 heavy (non-hydrogen) atoms. The second kappa shape index (κ2) is 4.45. The van der Waals surface area contributed by atoms with Crippen molar-refractivity contribution < 1.29 is 19.5 Å². The van der Waals surface area contributed by atoms with Gasteiger partial charge in [-0.2, -0.15) is 0 Å². The molecule has 1 aliphatic rings. The van der Waals surface area contributed by atoms with Crippen molar-refractivity contribution in [2.75, 3.05) is 19.8 Å². The summed E-state index contributed by atoms with van der Waals surface area (Å²) in [5.74, 6) is -0.238. The van der Waals surface area contributed by atoms with Gasteiger partial charge in [-0.15, -0.1) is 0 Å². The number of aliphatic hydroxyl groups excluding tert-OH is 1. The van der Waals surface area contributed by atoms with E-state index in [0.29, 0.717) is 6.54 Å². The molecule has 0 bridgehead atoms. The average Bonchev–Trinajstić information content (AvgIpc) is 2.69. The van der Waals surface area contributed by atoms with Crippen molar-refractivity contribution in [3.63, 3.8) is 0 Å². The highest BCUT2D eigenvalue weighted by Gasteiger charge is 2.27. The molecule has 8 nitrogen and oxygen atoms in total. The Morgan fingerprint density at radius 1 is 1.81 bits per heavy atom. The van der Waals surface area contributed by atoms with Gasteiger partial charge >= 0.3 is 11.8 Å². The fourth-order valence-corrected chi connectivity index (χ4v) is 1.48. The van der Waals surface area contributed by atoms with E-state index in [1.54, 1.807) is 0 Å². The summed E-state index contributed by atoms with van der Waals surface area (Å²) >= 11 is 0. The average molecular weight is 229 g/mol. The number of aliphatic hydroxyl groups is 1. The van der Waals surface area contributed by atoms with Gasteiger partial charge in [-0.05, 0) is 4.92 Å². The maximum Gasteiger partial charge on any atom is 0.414 e. The van der Waals surface area contributed by atoms with Crippen LogP contribution in [0.25, 0.3) is 0 Å². The lowest BCUT2D eigenvalue weighted by Gasteiger charge is -2.21. The molecule has 0 unspecified atom stereocenters. The maximum atomic E-state index is 10.5. The molecule has 1 aromatic heterocycles. The van der Waals surface area contributed by atoms with Gasteiger partial charge in [0.15, 0.2) is 0 Å². The summed E-state index contributed by atoms with van der Waals surface area (Å²) in [6.45, 7) is 0.887. The van der Waals surface area contributed by atoms with Crippen LogP contribution in [0.1, 0.15) is 0 Å². The predicted octanol–water partition coefficient (Wildman–Crippen LogP) is -0.439. The number of fused-ring (bicyclic) bond motifs is 1. The number of hydrogen-bond acceptors (Lipinski definition) is 6. The Bertz CT molecular complexity index is 391. The predicted molar refractivity (Wildman–Crippen MR) is 51.2 cm³/mol. The summed E-state index contributed by atoms with van der Waals surface area (Å²) in [5.41, 5.74) is 0. The molecule has 0 fully saturated rings. The molecule has 2 heterocycles. The topological polar surface area (TPSA) is 99.7 Å². The lowest BCUT2D eigenvalue weighted by molar-refractivity contribution is -0.389. The molecular weight excluding hydrogens is 218 g/mol. The minimum atomic E-state index is -0.571. The van der Waals surface area contributed by atoms with Crippen molar-refractivity contribution in [3.05, 3.63) is 16.3 Å². The van der Waals surface area contributed by atoms with Crippen LogP contribution in [-0.2, 0) is 11.3 Å². The third-order valence-electron chi connectivity index (χ3n) is 2.16. The van der Waals surface area contributed by atoms with E-state index >= 15 is 0 Å². The lowest BCUT2D eigenvalue weighted by Crippen LogP contribution is -2.32. The van der Waals surface area contributed by atoms with Crippen LogP contribution in [0, 0.1) is 10.1 Å². The van der Waals surface area contributed by atoms with Gasteiger partial charge in [0.1, 0.15) is 18.9 Å². The second-order valence-corrected chi connectivity index (χ2v) is 3.32. The molecule has 0 saturated heterocycles. The summed E-state index contributed by atoms with van der Waals surface area (Å²) in [4.78, 5) is 13.6. The van der Waals surface area contributed by atoms with Crippen molar-refractivity contribution in [1.82, 2.24) is 9.55 Å². The molecule has 0 saturated carbocycles. The Morgan fingerprint density at radius 2 is 2.62 bits per heavy atom. The number of aromatic nitrogens is 2. The molecule has 0 radical (unpaired) electrons. The normalized spacial score (nSPS) is 18.9. The Labute approximate surface area is 90.6 Å². The molecule has 1 atom stereocenters. The van der Waals surface area contributed by atoms with Gasteiger partial charge in [-0.25, -0.2) is 0 Å². The van der Waals surface area contributed by atoms with Crippen LogP contribution in [0.2, 0.25) is 0 Å². The summed E-state index contributed by atoms with van der Waals surface area (Å²) in [7, 11) is 0. The van der Waals surface area contributed by atoms with E-state index < -0.39 is 4.92 Å². The molecule has 8 heteroatoms. The Kier molecular flexibility index (Phi) is 3.02. The highest BCUT2D eigenvalue weighted by atomic mass is 16.6. The number of nitro groups is 1. The molecule has 1 aromatic rings. The molecule has 0 aliphatic carbocycles. The van der Waals surface area contributed by atoms with E-state index in [9.17, 15) is 10.1 Å². The third-order valence-corrected chi connectivity index (χ3v) is 2.16. The molecule has 2 rings (SSSR count). The molecule has 1 aliphatic heterocycles. The van der Waals surface area contributed by atoms with E-state index in [1.807, 2.05) is 0 Å². The first-order chi connectivity index (χ1) is 7.70. The highest BCUT2D eigenvalue weighted by Crippen LogP contribution is 2.22. The molecule has 88 valence electrons. The van der Waals surface area contributed by atoms with Crippen LogP contribution in [0.3, 0.4) is 0 Å². The van der Waals surface area contributed by atoms with Crippen molar-refractivity contribution in [2.45, 2.75) is 12.6 Å². The Hall–Kier alpha value is -1.67. The molecule has 0 aromatic carbocycles. The van der Waals surface area contributed by atoms with Gasteiger partial charge < -0.3 is 24.7 Å². The van der Waals surface area contributed by atoms with Crippen LogP contribution in [0.4, 0.5) is 5.82 Å². The van der Waals surface area contributed by atoms with Gasteiger partial charge in [0, 0.05) is 4.98 Å². The van der Waals surface area contributed by atoms with Gasteiger partial charge in [-0.3, -0.25) is 4.57 Å². The first-order valence-corrected chi connectivity index (χ1v) is 4.77. The zero-order valence-electron chi connectivity index (χ0n) is 8.40. The number of ether oxygens (including phenoxy) is 2. The zero-order valence-corrected chi connectivity index (χ0v) is 8.40. The Morgan fingerprint density at radius 3 is 3.31 bits per heavy atom. The van der Waals surface area contributed by atoms with Crippen molar-refractivity contribution in [1.29, 1.82) is 0 Å². The van der Waals surface area contributed by atoms with E-state index in [1.165, 1.54) is 10.8 Å². The summed E-state index contributed by atoms with van der Waals surface area (Å²) in [5, 5.41) is 19.1. The molecule has 0 amide bonds. The number of rotatable bonds is 4. The smallest absolute Gasteiger partial charge is 0.414 e. The minimum absolute atomic E-state index is 0.0621. The SMILES string of the molecule is O=[N+]([O-])c1cn2c(n1)OC[C@@H](OCCO)C2. The first kappa shape index (κ1) is 10.8. The molecule has 0 spiro atoms. The molecule has 1 N–H and O–H groups in total. The van der Waals surface area contributed by atoms with Crippen molar-refractivity contribution in [2.24, 2.45) is 0 Å². The fourth-order valence-electron chi connectivity index (χ4n) is 1.48. The number of hydrogen-bond donors (Lipinski definition) is 1. The quantitative estimate of drug-likeness (QED) is 0.555. The van der Waals surface area contributed by atoms with E-state index in [4.69, 9.17) is 14.6 Å². The van der Waals surface area contributed by atoms with E-state index in [-0.39, 0.29) is 37.8 Å². The van der Waals surface area contributed by atoms with Crippen LogP contribution in [0.15, 0.2) is 6.20 Å². The highest BCUT2D eigenvalue weighted by molar-refractivity contribution is 5.21. The van der Waals surface area contributed by atoms with Crippen LogP contribution in [0.5, 0.6) is 6.01 Å². The Balaban J connectivity index is 2.05. The monoisotopic (exact) mass is 229 g/mol. The standard InChI is InChI=1S/C8H11N3O5/c12-1-2-15-6-3-10-4-7(11(13)14)9-8(10)16-5-6/h4,6,12H,1-3,5H2/t6-/m0/s1. The van der Waals surface area contributed by atoms with Crippen molar-refractivity contribution >= 4 is 5.82 Å². The largest absolute Gasteiger partial charge is 0.443 e. The van der Waals surface area contributed by atoms with Crippen LogP contribution < -0.4 is 4.74 Å². The first-order valence-electron chi connectivity index (χ1n) is 4.77. The zero-order chi connectivity index (χ0) is 11.5. The van der Waals surface area contributed by atoms with Gasteiger partial charge in [-0.1, -0.05) is 0 Å². The fraction of sp³-hybridized carbons (Fsp3) is 0.625. The van der Waals surface area contributed by atoms with Crippen LogP contribution >= 0.6 is 0 Å². The lowest BCUT2D eigenvalue weighted by atomic mass is 10.3. The van der Waals surface area contributed by atoms with E-state index in [0.717, 1.165) is 0 Å². The number of nitrogens with zero attached hydrogens (tertiary/aromatic N) is 3. The van der Waals surface area contributed by atoms with Gasteiger partial charge in [0.05, 0.1) is 19.8 Å². The third kappa shape index (κ3) is 2.12. The van der Waals surface area contributed by atoms with Crippen LogP contribution in [-0.4, -0.2) is 45.5 Å². The minimum Gasteiger partial charge on any atom is -0.443 e. The van der Waals surface area contributed by atoms with Crippen molar-refractivity contribution in [3.8, 4) is 6.01 Å².